The third-order valence-electron chi connectivity index (χ3n) is 4.99. The minimum absolute atomic E-state index is 0. The van der Waals surface area contributed by atoms with E-state index in [0.717, 1.165) is 49.2 Å². The number of nitrogens with one attached hydrogen (secondary N) is 3. The topological polar surface area (TPSA) is 100 Å². The second-order valence-electron chi connectivity index (χ2n) is 7.14. The highest BCUT2D eigenvalue weighted by Gasteiger charge is 2.24. The summed E-state index contributed by atoms with van der Waals surface area (Å²) >= 11 is 0. The fourth-order valence-corrected chi connectivity index (χ4v) is 3.43. The highest BCUT2D eigenvalue weighted by atomic mass is 127. The Morgan fingerprint density at radius 3 is 2.59 bits per heavy atom. The van der Waals surface area contributed by atoms with Crippen molar-refractivity contribution < 1.29 is 18.7 Å². The fourth-order valence-electron chi connectivity index (χ4n) is 3.43. The van der Waals surface area contributed by atoms with Gasteiger partial charge in [-0.05, 0) is 25.5 Å². The van der Waals surface area contributed by atoms with Crippen LogP contribution in [-0.4, -0.2) is 64.9 Å². The average Bonchev–Trinajstić information content (AvgIpc) is 3.48. The Balaban J connectivity index is 0.00000363. The summed E-state index contributed by atoms with van der Waals surface area (Å²) in [4.78, 5) is 18.8. The SMILES string of the molecule is CCNC(=NCCNC(=O)c1ccco1)NC1CCN(c2cc(OC)cc(OC)c2)C1.I. The van der Waals surface area contributed by atoms with Crippen LogP contribution in [0.25, 0.3) is 0 Å². The van der Waals surface area contributed by atoms with Crippen LogP contribution in [0.3, 0.4) is 0 Å². The van der Waals surface area contributed by atoms with Gasteiger partial charge in [0.15, 0.2) is 11.7 Å². The second kappa shape index (κ2) is 13.0. The molecule has 1 aliphatic rings. The van der Waals surface area contributed by atoms with Gasteiger partial charge in [-0.25, -0.2) is 0 Å². The first-order valence-electron chi connectivity index (χ1n) is 10.5. The van der Waals surface area contributed by atoms with Crippen LogP contribution in [0.15, 0.2) is 46.0 Å². The summed E-state index contributed by atoms with van der Waals surface area (Å²) in [6, 6.07) is 9.49. The van der Waals surface area contributed by atoms with E-state index in [1.807, 2.05) is 25.1 Å². The highest BCUT2D eigenvalue weighted by molar-refractivity contribution is 14.0. The molecule has 3 N–H and O–H groups in total. The van der Waals surface area contributed by atoms with Crippen molar-refractivity contribution in [3.63, 3.8) is 0 Å². The average molecular weight is 557 g/mol. The number of hydrogen-bond acceptors (Lipinski definition) is 6. The zero-order valence-electron chi connectivity index (χ0n) is 18.7. The van der Waals surface area contributed by atoms with Crippen LogP contribution in [0.4, 0.5) is 5.69 Å². The van der Waals surface area contributed by atoms with E-state index in [1.54, 1.807) is 26.4 Å². The number of anilines is 1. The van der Waals surface area contributed by atoms with Crippen molar-refractivity contribution >= 4 is 41.5 Å². The van der Waals surface area contributed by atoms with E-state index in [0.29, 0.717) is 18.8 Å². The van der Waals surface area contributed by atoms with Crippen molar-refractivity contribution in [2.24, 2.45) is 4.99 Å². The number of hydrogen-bond donors (Lipinski definition) is 3. The van der Waals surface area contributed by atoms with Gasteiger partial charge in [-0.1, -0.05) is 0 Å². The maximum atomic E-state index is 11.9. The lowest BCUT2D eigenvalue weighted by Gasteiger charge is -2.21. The molecule has 1 aromatic heterocycles. The lowest BCUT2D eigenvalue weighted by molar-refractivity contribution is 0.0927. The summed E-state index contributed by atoms with van der Waals surface area (Å²) in [7, 11) is 3.31. The Labute approximate surface area is 205 Å². The molecular formula is C22H32IN5O4. The molecular weight excluding hydrogens is 525 g/mol. The molecule has 1 unspecified atom stereocenters. The lowest BCUT2D eigenvalue weighted by atomic mass is 10.2. The molecule has 1 aromatic carbocycles. The van der Waals surface area contributed by atoms with Crippen molar-refractivity contribution in [2.75, 3.05) is 51.8 Å². The first kappa shape index (κ1) is 25.6. The molecule has 176 valence electrons. The van der Waals surface area contributed by atoms with Gasteiger partial charge in [0.25, 0.3) is 5.91 Å². The largest absolute Gasteiger partial charge is 0.497 e. The number of ether oxygens (including phenoxy) is 2. The van der Waals surface area contributed by atoms with Gasteiger partial charge in [-0.2, -0.15) is 0 Å². The summed E-state index contributed by atoms with van der Waals surface area (Å²) in [5.41, 5.74) is 1.07. The third-order valence-corrected chi connectivity index (χ3v) is 4.99. The number of rotatable bonds is 9. The van der Waals surface area contributed by atoms with Crippen LogP contribution in [-0.2, 0) is 0 Å². The number of amides is 1. The quantitative estimate of drug-likeness (QED) is 0.189. The monoisotopic (exact) mass is 557 g/mol. The van der Waals surface area contributed by atoms with Gasteiger partial charge >= 0.3 is 0 Å². The molecule has 2 heterocycles. The van der Waals surface area contributed by atoms with Gasteiger partial charge in [-0.15, -0.1) is 24.0 Å². The molecule has 1 aliphatic heterocycles. The molecule has 0 radical (unpaired) electrons. The van der Waals surface area contributed by atoms with Gasteiger partial charge < -0.3 is 34.7 Å². The maximum Gasteiger partial charge on any atom is 0.287 e. The minimum Gasteiger partial charge on any atom is -0.497 e. The molecule has 0 aliphatic carbocycles. The molecule has 9 nitrogen and oxygen atoms in total. The number of benzene rings is 1. The lowest BCUT2D eigenvalue weighted by Crippen LogP contribution is -2.45. The van der Waals surface area contributed by atoms with E-state index in [-0.39, 0.29) is 35.9 Å². The van der Waals surface area contributed by atoms with Crippen LogP contribution < -0.4 is 30.3 Å². The first-order chi connectivity index (χ1) is 15.1. The second-order valence-corrected chi connectivity index (χ2v) is 7.14. The zero-order valence-corrected chi connectivity index (χ0v) is 21.1. The number of methoxy groups -OCH3 is 2. The van der Waals surface area contributed by atoms with Crippen molar-refractivity contribution in [3.05, 3.63) is 42.4 Å². The molecule has 10 heteroatoms. The zero-order chi connectivity index (χ0) is 22.1. The number of halogens is 1. The van der Waals surface area contributed by atoms with Gasteiger partial charge in [-0.3, -0.25) is 9.79 Å². The number of carbonyl (C=O) groups excluding carboxylic acids is 1. The standard InChI is InChI=1S/C22H31N5O4.HI/c1-4-23-22(25-9-8-24-21(28)20-6-5-11-31-20)26-16-7-10-27(15-16)17-12-18(29-2)14-19(13-17)30-3;/h5-6,11-14,16H,4,7-10,15H2,1-3H3,(H,24,28)(H2,23,25,26);1H. The number of furan rings is 1. The number of guanidine groups is 1. The van der Waals surface area contributed by atoms with Crippen molar-refractivity contribution in [3.8, 4) is 11.5 Å². The van der Waals surface area contributed by atoms with Crippen molar-refractivity contribution in [1.82, 2.24) is 16.0 Å². The Morgan fingerprint density at radius 2 is 1.97 bits per heavy atom. The van der Waals surface area contributed by atoms with Crippen LogP contribution in [0.5, 0.6) is 11.5 Å². The molecule has 32 heavy (non-hydrogen) atoms. The predicted octanol–water partition coefficient (Wildman–Crippen LogP) is 2.48. The van der Waals surface area contributed by atoms with E-state index < -0.39 is 0 Å². The van der Waals surface area contributed by atoms with E-state index in [2.05, 4.69) is 25.8 Å². The van der Waals surface area contributed by atoms with Crippen molar-refractivity contribution in [2.45, 2.75) is 19.4 Å². The van der Waals surface area contributed by atoms with E-state index in [4.69, 9.17) is 13.9 Å². The Hall–Kier alpha value is -2.63. The van der Waals surface area contributed by atoms with Crippen LogP contribution in [0, 0.1) is 0 Å². The Bertz CT molecular complexity index is 853. The first-order valence-corrected chi connectivity index (χ1v) is 10.5. The van der Waals surface area contributed by atoms with Gasteiger partial charge in [0, 0.05) is 56.1 Å². The van der Waals surface area contributed by atoms with Crippen LogP contribution in [0.1, 0.15) is 23.9 Å². The molecule has 1 fully saturated rings. The molecule has 0 bridgehead atoms. The Morgan fingerprint density at radius 1 is 1.22 bits per heavy atom. The van der Waals surface area contributed by atoms with Crippen molar-refractivity contribution in [1.29, 1.82) is 0 Å². The predicted molar refractivity (Wildman–Crippen MR) is 136 cm³/mol. The summed E-state index contributed by atoms with van der Waals surface area (Å²) in [6.45, 7) is 5.44. The van der Waals surface area contributed by atoms with Crippen LogP contribution in [0.2, 0.25) is 0 Å². The van der Waals surface area contributed by atoms with E-state index >= 15 is 0 Å². The van der Waals surface area contributed by atoms with E-state index in [9.17, 15) is 4.79 Å². The van der Waals surface area contributed by atoms with Crippen LogP contribution >= 0.6 is 24.0 Å². The van der Waals surface area contributed by atoms with Gasteiger partial charge in [0.2, 0.25) is 0 Å². The summed E-state index contributed by atoms with van der Waals surface area (Å²) in [6.07, 6.45) is 2.46. The molecule has 2 aromatic rings. The summed E-state index contributed by atoms with van der Waals surface area (Å²) < 4.78 is 15.9. The molecule has 0 saturated carbocycles. The number of carbonyl (C=O) groups is 1. The van der Waals surface area contributed by atoms with E-state index in [1.165, 1.54) is 6.26 Å². The molecule has 0 spiro atoms. The van der Waals surface area contributed by atoms with Gasteiger partial charge in [0.05, 0.1) is 27.0 Å². The van der Waals surface area contributed by atoms with Gasteiger partial charge in [0.1, 0.15) is 11.5 Å². The number of aliphatic imine (C=N–C) groups is 1. The summed E-state index contributed by atoms with van der Waals surface area (Å²) in [5.74, 6) is 2.35. The Kier molecular flexibility index (Phi) is 10.4. The minimum atomic E-state index is -0.238. The molecule has 1 saturated heterocycles. The fraction of sp³-hybridized carbons (Fsp3) is 0.455. The summed E-state index contributed by atoms with van der Waals surface area (Å²) in [5, 5.41) is 9.56. The number of nitrogens with zero attached hydrogens (tertiary/aromatic N) is 2. The molecule has 3 rings (SSSR count). The molecule has 1 amide bonds. The third kappa shape index (κ3) is 7.21. The smallest absolute Gasteiger partial charge is 0.287 e. The molecule has 1 atom stereocenters. The normalized spacial score (nSPS) is 15.7. The maximum absolute atomic E-state index is 11.9. The highest BCUT2D eigenvalue weighted by Crippen LogP contribution is 2.30.